The van der Waals surface area contributed by atoms with Crippen LogP contribution in [-0.4, -0.2) is 32.1 Å². The van der Waals surface area contributed by atoms with Crippen molar-refractivity contribution in [2.75, 3.05) is 6.54 Å². The fraction of sp³-hybridized carbons (Fsp3) is 0.385. The fourth-order valence-electron chi connectivity index (χ4n) is 2.29. The molecule has 3 heterocycles. The molecule has 0 atom stereocenters. The monoisotopic (exact) mass is 287 g/mol. The van der Waals surface area contributed by atoms with Gasteiger partial charge in [-0.25, -0.2) is 4.98 Å². The second-order valence-corrected chi connectivity index (χ2v) is 5.77. The summed E-state index contributed by atoms with van der Waals surface area (Å²) in [5.74, 6) is 0.0706. The van der Waals surface area contributed by atoms with Gasteiger partial charge in [0, 0.05) is 11.9 Å². The second kappa shape index (κ2) is 5.06. The van der Waals surface area contributed by atoms with Gasteiger partial charge in [-0.05, 0) is 13.0 Å². The predicted octanol–water partition coefficient (Wildman–Crippen LogP) is 1.10. The van der Waals surface area contributed by atoms with Gasteiger partial charge in [0.25, 0.3) is 0 Å². The highest BCUT2D eigenvalue weighted by Crippen LogP contribution is 2.15. The molecule has 0 radical (unpaired) electrons. The standard InChI is InChI=1S/C13H13N5OS/c1-9-15-11(8-20-9)5-13(19)17-2-3-18-12(7-17)4-10(6-14)16-18/h4,8H,2-3,5,7H2,1H3. The van der Waals surface area contributed by atoms with E-state index in [0.717, 1.165) is 16.4 Å². The third-order valence-electron chi connectivity index (χ3n) is 3.26. The molecular formula is C13H13N5OS. The Morgan fingerprint density at radius 1 is 1.55 bits per heavy atom. The number of hydrogen-bond acceptors (Lipinski definition) is 5. The minimum atomic E-state index is 0.0706. The maximum Gasteiger partial charge on any atom is 0.229 e. The van der Waals surface area contributed by atoms with E-state index in [4.69, 9.17) is 5.26 Å². The average molecular weight is 287 g/mol. The van der Waals surface area contributed by atoms with E-state index >= 15 is 0 Å². The largest absolute Gasteiger partial charge is 0.335 e. The number of rotatable bonds is 2. The molecule has 6 nitrogen and oxygen atoms in total. The summed E-state index contributed by atoms with van der Waals surface area (Å²) in [5, 5.41) is 15.9. The molecule has 0 spiro atoms. The highest BCUT2D eigenvalue weighted by atomic mass is 32.1. The number of fused-ring (bicyclic) bond motifs is 1. The second-order valence-electron chi connectivity index (χ2n) is 4.71. The summed E-state index contributed by atoms with van der Waals surface area (Å²) in [6.45, 7) is 3.71. The van der Waals surface area contributed by atoms with Gasteiger partial charge in [0.05, 0.1) is 35.9 Å². The number of aromatic nitrogens is 3. The Labute approximate surface area is 120 Å². The van der Waals surface area contributed by atoms with E-state index in [0.29, 0.717) is 31.7 Å². The average Bonchev–Trinajstić information content (AvgIpc) is 3.03. The smallest absolute Gasteiger partial charge is 0.229 e. The van der Waals surface area contributed by atoms with Crippen molar-refractivity contribution in [1.82, 2.24) is 19.7 Å². The predicted molar refractivity (Wildman–Crippen MR) is 72.9 cm³/mol. The third-order valence-corrected chi connectivity index (χ3v) is 4.09. The molecule has 0 N–H and O–H groups in total. The van der Waals surface area contributed by atoms with Crippen LogP contribution in [0, 0.1) is 18.3 Å². The normalized spacial score (nSPS) is 13.9. The van der Waals surface area contributed by atoms with Crippen LogP contribution in [0.15, 0.2) is 11.4 Å². The van der Waals surface area contributed by atoms with E-state index < -0.39 is 0 Å². The molecule has 2 aromatic rings. The molecule has 1 aliphatic heterocycles. The number of carbonyl (C=O) groups is 1. The number of amides is 1. The minimum Gasteiger partial charge on any atom is -0.335 e. The van der Waals surface area contributed by atoms with Crippen LogP contribution in [0.25, 0.3) is 0 Å². The minimum absolute atomic E-state index is 0.0706. The fourth-order valence-corrected chi connectivity index (χ4v) is 2.90. The van der Waals surface area contributed by atoms with Crippen LogP contribution in [-0.2, 0) is 24.3 Å². The van der Waals surface area contributed by atoms with Gasteiger partial charge in [-0.3, -0.25) is 9.48 Å². The Hall–Kier alpha value is -2.20. The zero-order chi connectivity index (χ0) is 14.1. The quantitative estimate of drug-likeness (QED) is 0.829. The van der Waals surface area contributed by atoms with Gasteiger partial charge in [0.15, 0.2) is 5.69 Å². The molecule has 0 aliphatic carbocycles. The Morgan fingerprint density at radius 3 is 3.10 bits per heavy atom. The lowest BCUT2D eigenvalue weighted by Crippen LogP contribution is -2.39. The highest BCUT2D eigenvalue weighted by molar-refractivity contribution is 7.09. The maximum absolute atomic E-state index is 12.3. The van der Waals surface area contributed by atoms with Crippen molar-refractivity contribution in [1.29, 1.82) is 5.26 Å². The van der Waals surface area contributed by atoms with Gasteiger partial charge in [0.1, 0.15) is 6.07 Å². The Kier molecular flexibility index (Phi) is 3.24. The third kappa shape index (κ3) is 2.42. The van der Waals surface area contributed by atoms with Gasteiger partial charge in [-0.15, -0.1) is 11.3 Å². The molecule has 0 bridgehead atoms. The molecule has 0 aromatic carbocycles. The van der Waals surface area contributed by atoms with Gasteiger partial charge in [0.2, 0.25) is 5.91 Å². The van der Waals surface area contributed by atoms with Crippen LogP contribution in [0.3, 0.4) is 0 Å². The lowest BCUT2D eigenvalue weighted by Gasteiger charge is -2.27. The molecule has 0 fully saturated rings. The summed E-state index contributed by atoms with van der Waals surface area (Å²) in [6, 6.07) is 3.77. The SMILES string of the molecule is Cc1nc(CC(=O)N2CCn3nc(C#N)cc3C2)cs1. The number of aryl methyl sites for hydroxylation is 1. The lowest BCUT2D eigenvalue weighted by atomic mass is 10.2. The molecule has 0 saturated heterocycles. The van der Waals surface area contributed by atoms with Crippen LogP contribution in [0.4, 0.5) is 0 Å². The zero-order valence-electron chi connectivity index (χ0n) is 11.0. The van der Waals surface area contributed by atoms with E-state index in [1.807, 2.05) is 18.4 Å². The zero-order valence-corrected chi connectivity index (χ0v) is 11.9. The summed E-state index contributed by atoms with van der Waals surface area (Å²) in [4.78, 5) is 18.4. The van der Waals surface area contributed by atoms with E-state index in [1.54, 1.807) is 27.0 Å². The van der Waals surface area contributed by atoms with Crippen molar-refractivity contribution in [3.63, 3.8) is 0 Å². The van der Waals surface area contributed by atoms with Crippen LogP contribution in [0.2, 0.25) is 0 Å². The van der Waals surface area contributed by atoms with Crippen LogP contribution < -0.4 is 0 Å². The van der Waals surface area contributed by atoms with Crippen LogP contribution in [0.1, 0.15) is 22.1 Å². The first-order valence-electron chi connectivity index (χ1n) is 6.31. The Morgan fingerprint density at radius 2 is 2.40 bits per heavy atom. The lowest BCUT2D eigenvalue weighted by molar-refractivity contribution is -0.132. The number of carbonyl (C=O) groups excluding carboxylic acids is 1. The van der Waals surface area contributed by atoms with Crippen molar-refractivity contribution in [3.05, 3.63) is 33.5 Å². The Bertz CT molecular complexity index is 696. The van der Waals surface area contributed by atoms with Gasteiger partial charge < -0.3 is 4.90 Å². The molecular weight excluding hydrogens is 274 g/mol. The molecule has 102 valence electrons. The van der Waals surface area contributed by atoms with E-state index in [1.165, 1.54) is 0 Å². The first-order valence-corrected chi connectivity index (χ1v) is 7.19. The summed E-state index contributed by atoms with van der Waals surface area (Å²) in [6.07, 6.45) is 0.337. The van der Waals surface area contributed by atoms with E-state index in [2.05, 4.69) is 10.1 Å². The Balaban J connectivity index is 1.70. The molecule has 2 aromatic heterocycles. The van der Waals surface area contributed by atoms with E-state index in [-0.39, 0.29) is 5.91 Å². The van der Waals surface area contributed by atoms with Crippen molar-refractivity contribution in [2.24, 2.45) is 0 Å². The summed E-state index contributed by atoms with van der Waals surface area (Å²) in [5.41, 5.74) is 2.15. The van der Waals surface area contributed by atoms with Gasteiger partial charge >= 0.3 is 0 Å². The molecule has 1 aliphatic rings. The summed E-state index contributed by atoms with van der Waals surface area (Å²) < 4.78 is 1.80. The van der Waals surface area contributed by atoms with Gasteiger partial charge in [-0.1, -0.05) is 0 Å². The number of hydrogen-bond donors (Lipinski definition) is 0. The van der Waals surface area contributed by atoms with Crippen LogP contribution in [0.5, 0.6) is 0 Å². The first-order chi connectivity index (χ1) is 9.65. The van der Waals surface area contributed by atoms with Gasteiger partial charge in [-0.2, -0.15) is 10.4 Å². The van der Waals surface area contributed by atoms with Crippen molar-refractivity contribution in [3.8, 4) is 6.07 Å². The molecule has 0 unspecified atom stereocenters. The van der Waals surface area contributed by atoms with Crippen molar-refractivity contribution >= 4 is 17.2 Å². The molecule has 7 heteroatoms. The topological polar surface area (TPSA) is 74.8 Å². The number of nitrogens with zero attached hydrogens (tertiary/aromatic N) is 5. The number of thiazole rings is 1. The molecule has 20 heavy (non-hydrogen) atoms. The summed E-state index contributed by atoms with van der Waals surface area (Å²) >= 11 is 1.56. The first kappa shape index (κ1) is 12.8. The molecule has 1 amide bonds. The van der Waals surface area contributed by atoms with Crippen molar-refractivity contribution in [2.45, 2.75) is 26.4 Å². The molecule has 3 rings (SSSR count). The highest BCUT2D eigenvalue weighted by Gasteiger charge is 2.22. The van der Waals surface area contributed by atoms with E-state index in [9.17, 15) is 4.79 Å². The maximum atomic E-state index is 12.3. The number of nitriles is 1. The van der Waals surface area contributed by atoms with Crippen LogP contribution >= 0.6 is 11.3 Å². The molecule has 0 saturated carbocycles. The summed E-state index contributed by atoms with van der Waals surface area (Å²) in [7, 11) is 0. The van der Waals surface area contributed by atoms with Crippen molar-refractivity contribution < 1.29 is 4.79 Å².